The number of aryl methyl sites for hydroxylation is 2. The monoisotopic (exact) mass is 533 g/mol. The van der Waals surface area contributed by atoms with E-state index in [0.29, 0.717) is 31.1 Å². The van der Waals surface area contributed by atoms with Crippen molar-refractivity contribution in [2.24, 2.45) is 4.99 Å². The Balaban J connectivity index is 0.00000132. The fourth-order valence-electron chi connectivity index (χ4n) is 4.29. The molecule has 2 rings (SSSR count). The third-order valence-electron chi connectivity index (χ3n) is 6.67. The van der Waals surface area contributed by atoms with Crippen LogP contribution in [0.25, 0.3) is 0 Å². The zero-order valence-corrected chi connectivity index (χ0v) is 25.0. The zero-order valence-electron chi connectivity index (χ0n) is 24.2. The van der Waals surface area contributed by atoms with Gasteiger partial charge in [0.2, 0.25) is 0 Å². The maximum absolute atomic E-state index is 9.81. The normalized spacial score (nSPS) is 18.5. The molecule has 1 aliphatic rings. The number of nitrogens with zero attached hydrogens (tertiary/aromatic N) is 2. The van der Waals surface area contributed by atoms with Crippen LogP contribution in [0, 0.1) is 19.3 Å². The number of alkyl halides is 1. The summed E-state index contributed by atoms with van der Waals surface area (Å²) in [6.45, 7) is 26.5. The quantitative estimate of drug-likeness (QED) is 0.142. The number of hydrogen-bond donors (Lipinski definition) is 1. The Morgan fingerprint density at radius 3 is 2.39 bits per heavy atom. The van der Waals surface area contributed by atoms with Gasteiger partial charge in [0, 0.05) is 30.1 Å². The van der Waals surface area contributed by atoms with Crippen LogP contribution in [0.15, 0.2) is 95.8 Å². The molecule has 1 unspecified atom stereocenters. The number of halogens is 1. The Kier molecular flexibility index (Phi) is 13.1. The van der Waals surface area contributed by atoms with Crippen LogP contribution in [0.1, 0.15) is 64.2 Å². The lowest BCUT2D eigenvalue weighted by Crippen LogP contribution is -2.39. The predicted molar refractivity (Wildman–Crippen MR) is 167 cm³/mol. The zero-order chi connectivity index (χ0) is 29.0. The summed E-state index contributed by atoms with van der Waals surface area (Å²) in [6.07, 6.45) is 10.8. The first-order chi connectivity index (χ1) is 17.9. The molecule has 0 radical (unpaired) electrons. The second-order valence-corrected chi connectivity index (χ2v) is 9.94. The first-order valence-electron chi connectivity index (χ1n) is 12.9. The highest BCUT2D eigenvalue weighted by atomic mass is 35.5. The Labute approximate surface area is 235 Å². The van der Waals surface area contributed by atoms with Crippen molar-refractivity contribution in [3.63, 3.8) is 0 Å². The highest BCUT2D eigenvalue weighted by Crippen LogP contribution is 2.47. The van der Waals surface area contributed by atoms with Crippen molar-refractivity contribution in [1.29, 1.82) is 5.41 Å². The van der Waals surface area contributed by atoms with E-state index in [9.17, 15) is 10.2 Å². The van der Waals surface area contributed by atoms with Crippen LogP contribution in [0.5, 0.6) is 0 Å². The van der Waals surface area contributed by atoms with Crippen molar-refractivity contribution in [2.75, 3.05) is 12.4 Å². The van der Waals surface area contributed by atoms with Crippen LogP contribution in [0.3, 0.4) is 0 Å². The number of allylic oxidation sites excluding steroid dienone is 7. The standard InChI is InChI=1S/C29H36ClN3.C4H8O/c1-9-12-25(13-11-16-30)24(8)32-26(10-2)19-33-23(7)18-29(20(3)4,28(33)31)27-17-21(5)14-15-22(27)6;1-3-4(2)5/h9-15,17,31H,1,3,7,16,18-19H2,2,4-6,8H3;3H2,1-2H3/b13-11-,25-12+,26-10-,31-28?,32-24-;. The first-order valence-corrected chi connectivity index (χ1v) is 13.5. The van der Waals surface area contributed by atoms with Gasteiger partial charge in [-0.05, 0) is 58.2 Å². The lowest BCUT2D eigenvalue weighted by Gasteiger charge is -2.33. The molecule has 0 saturated carbocycles. The number of aliphatic imine (C=N–C) groups is 1. The number of carbonyl (C=O) groups is 1. The summed E-state index contributed by atoms with van der Waals surface area (Å²) in [6, 6.07) is 6.42. The Hall–Kier alpha value is -3.24. The number of ketones is 1. The molecule has 1 aliphatic heterocycles. The van der Waals surface area contributed by atoms with Gasteiger partial charge in [0.15, 0.2) is 0 Å². The molecule has 0 spiro atoms. The molecule has 1 heterocycles. The number of rotatable bonds is 10. The SMILES string of the molecule is C=C/C=C(\C=C/CCl)C(/C)=N\C(=C/C)CN1C(=C)CC(C(=C)C)(c2cc(C)ccc2C)C1=N.CCC(C)=O. The third kappa shape index (κ3) is 8.13. The third-order valence-corrected chi connectivity index (χ3v) is 6.85. The molecule has 1 aromatic rings. The molecule has 1 atom stereocenters. The Morgan fingerprint density at radius 2 is 1.89 bits per heavy atom. The van der Waals surface area contributed by atoms with Crippen LogP contribution in [-0.2, 0) is 10.2 Å². The Morgan fingerprint density at radius 1 is 1.26 bits per heavy atom. The van der Waals surface area contributed by atoms with Crippen molar-refractivity contribution in [3.05, 3.63) is 108 Å². The first kappa shape index (κ1) is 32.8. The molecule has 0 amide bonds. The van der Waals surface area contributed by atoms with Gasteiger partial charge in [-0.25, -0.2) is 0 Å². The van der Waals surface area contributed by atoms with Crippen molar-refractivity contribution in [3.8, 4) is 0 Å². The van der Waals surface area contributed by atoms with E-state index >= 15 is 0 Å². The summed E-state index contributed by atoms with van der Waals surface area (Å²) < 4.78 is 0. The van der Waals surface area contributed by atoms with E-state index in [0.717, 1.165) is 39.4 Å². The van der Waals surface area contributed by atoms with Gasteiger partial charge in [-0.3, -0.25) is 10.4 Å². The fourth-order valence-corrected chi connectivity index (χ4v) is 4.38. The minimum Gasteiger partial charge on any atom is -0.328 e. The van der Waals surface area contributed by atoms with E-state index in [1.807, 2.05) is 56.9 Å². The minimum atomic E-state index is -0.582. The summed E-state index contributed by atoms with van der Waals surface area (Å²) in [7, 11) is 0. The molecule has 0 aromatic heterocycles. The largest absolute Gasteiger partial charge is 0.328 e. The molecule has 0 aliphatic carbocycles. The summed E-state index contributed by atoms with van der Waals surface area (Å²) in [5.74, 6) is 1.19. The average Bonchev–Trinajstić information content (AvgIpc) is 3.13. The van der Waals surface area contributed by atoms with Crippen LogP contribution in [-0.4, -0.2) is 34.7 Å². The van der Waals surface area contributed by atoms with Crippen molar-refractivity contribution in [2.45, 2.75) is 66.7 Å². The van der Waals surface area contributed by atoms with Gasteiger partial charge in [-0.1, -0.05) is 86.4 Å². The molecule has 1 saturated heterocycles. The van der Waals surface area contributed by atoms with Gasteiger partial charge in [-0.2, -0.15) is 0 Å². The van der Waals surface area contributed by atoms with Crippen LogP contribution in [0.4, 0.5) is 0 Å². The lowest BCUT2D eigenvalue weighted by molar-refractivity contribution is -0.116. The van der Waals surface area contributed by atoms with E-state index in [4.69, 9.17) is 16.6 Å². The number of likely N-dealkylation sites (tertiary alicyclic amines) is 1. The molecule has 1 aromatic carbocycles. The lowest BCUT2D eigenvalue weighted by atomic mass is 9.71. The van der Waals surface area contributed by atoms with Crippen LogP contribution in [0.2, 0.25) is 0 Å². The highest BCUT2D eigenvalue weighted by Gasteiger charge is 2.48. The Bertz CT molecular complexity index is 1200. The summed E-state index contributed by atoms with van der Waals surface area (Å²) in [5.41, 5.74) is 7.42. The van der Waals surface area contributed by atoms with Gasteiger partial charge in [0.1, 0.15) is 11.6 Å². The predicted octanol–water partition coefficient (Wildman–Crippen LogP) is 8.57. The van der Waals surface area contributed by atoms with Crippen molar-refractivity contribution in [1.82, 2.24) is 4.90 Å². The van der Waals surface area contributed by atoms with Crippen molar-refractivity contribution >= 4 is 28.9 Å². The van der Waals surface area contributed by atoms with Crippen LogP contribution >= 0.6 is 11.6 Å². The average molecular weight is 534 g/mol. The van der Waals surface area contributed by atoms with Gasteiger partial charge in [-0.15, -0.1) is 11.6 Å². The molecule has 204 valence electrons. The molecule has 0 bridgehead atoms. The maximum atomic E-state index is 9.81. The second-order valence-electron chi connectivity index (χ2n) is 9.63. The topological polar surface area (TPSA) is 56.5 Å². The van der Waals surface area contributed by atoms with Gasteiger partial charge in [0.25, 0.3) is 0 Å². The number of hydrogen-bond acceptors (Lipinski definition) is 3. The fraction of sp³-hybridized carbons (Fsp3) is 0.364. The molecule has 4 nitrogen and oxygen atoms in total. The van der Waals surface area contributed by atoms with E-state index in [1.165, 1.54) is 5.56 Å². The molecular weight excluding hydrogens is 490 g/mol. The van der Waals surface area contributed by atoms with E-state index in [2.05, 4.69) is 51.8 Å². The van der Waals surface area contributed by atoms with Crippen molar-refractivity contribution < 1.29 is 4.79 Å². The molecular formula is C33H44ClN3O. The maximum Gasteiger partial charge on any atom is 0.129 e. The summed E-state index contributed by atoms with van der Waals surface area (Å²) in [4.78, 5) is 16.7. The van der Waals surface area contributed by atoms with Gasteiger partial charge < -0.3 is 9.69 Å². The molecule has 38 heavy (non-hydrogen) atoms. The second kappa shape index (κ2) is 15.2. The van der Waals surface area contributed by atoms with Gasteiger partial charge in [0.05, 0.1) is 17.7 Å². The number of carbonyl (C=O) groups excluding carboxylic acids is 1. The smallest absolute Gasteiger partial charge is 0.129 e. The number of Topliss-reactive ketones (excluding diaryl/α,β-unsaturated/α-hetero) is 1. The minimum absolute atomic E-state index is 0.255. The molecule has 1 fully saturated rings. The van der Waals surface area contributed by atoms with Crippen LogP contribution < -0.4 is 0 Å². The summed E-state index contributed by atoms with van der Waals surface area (Å²) >= 11 is 5.81. The summed E-state index contributed by atoms with van der Waals surface area (Å²) in [5, 5.41) is 9.25. The number of nitrogens with one attached hydrogen (secondary N) is 1. The van der Waals surface area contributed by atoms with E-state index in [-0.39, 0.29) is 5.78 Å². The van der Waals surface area contributed by atoms with E-state index < -0.39 is 5.41 Å². The molecule has 5 heteroatoms. The highest BCUT2D eigenvalue weighted by molar-refractivity contribution is 6.19. The number of benzene rings is 1. The molecule has 1 N–H and O–H groups in total. The number of amidine groups is 1. The van der Waals surface area contributed by atoms with E-state index in [1.54, 1.807) is 13.0 Å². The van der Waals surface area contributed by atoms with Gasteiger partial charge >= 0.3 is 0 Å².